The van der Waals surface area contributed by atoms with Gasteiger partial charge in [0, 0.05) is 31.1 Å². The van der Waals surface area contributed by atoms with Gasteiger partial charge in [-0.05, 0) is 50.9 Å². The Labute approximate surface area is 142 Å². The van der Waals surface area contributed by atoms with Crippen LogP contribution in [0.2, 0.25) is 0 Å². The molecule has 3 rings (SSSR count). The zero-order valence-corrected chi connectivity index (χ0v) is 14.3. The van der Waals surface area contributed by atoms with Gasteiger partial charge >= 0.3 is 0 Å². The highest BCUT2D eigenvalue weighted by Gasteiger charge is 2.17. The molecule has 24 heavy (non-hydrogen) atoms. The van der Waals surface area contributed by atoms with Crippen LogP contribution in [0, 0.1) is 12.8 Å². The van der Waals surface area contributed by atoms with E-state index in [0.29, 0.717) is 29.7 Å². The number of aryl methyl sites for hydroxylation is 1. The predicted molar refractivity (Wildman–Crippen MR) is 91.6 cm³/mol. The summed E-state index contributed by atoms with van der Waals surface area (Å²) in [4.78, 5) is 18.9. The molecule has 1 saturated heterocycles. The third-order valence-electron chi connectivity index (χ3n) is 4.47. The Morgan fingerprint density at radius 3 is 3.08 bits per heavy atom. The summed E-state index contributed by atoms with van der Waals surface area (Å²) in [6.45, 7) is 4.77. The molecule has 0 radical (unpaired) electrons. The van der Waals surface area contributed by atoms with E-state index in [0.717, 1.165) is 18.5 Å². The Bertz CT molecular complexity index is 698. The zero-order chi connectivity index (χ0) is 16.9. The van der Waals surface area contributed by atoms with Crippen LogP contribution in [0.25, 0.3) is 11.4 Å². The molecule has 1 atom stereocenters. The van der Waals surface area contributed by atoms with Crippen LogP contribution in [0.15, 0.2) is 28.8 Å². The second-order valence-corrected chi connectivity index (χ2v) is 6.53. The van der Waals surface area contributed by atoms with Crippen LogP contribution in [-0.2, 0) is 0 Å². The van der Waals surface area contributed by atoms with Gasteiger partial charge in [-0.15, -0.1) is 0 Å². The lowest BCUT2D eigenvalue weighted by atomic mass is 9.95. The molecule has 0 spiro atoms. The fourth-order valence-electron chi connectivity index (χ4n) is 3.22. The Kier molecular flexibility index (Phi) is 5.25. The second-order valence-electron chi connectivity index (χ2n) is 6.53. The van der Waals surface area contributed by atoms with Gasteiger partial charge in [-0.1, -0.05) is 17.3 Å². The molecule has 1 N–H and O–H groups in total. The normalized spacial score (nSPS) is 18.5. The van der Waals surface area contributed by atoms with Gasteiger partial charge in [-0.25, -0.2) is 0 Å². The number of amides is 1. The third-order valence-corrected chi connectivity index (χ3v) is 4.47. The average Bonchev–Trinajstić information content (AvgIpc) is 3.01. The van der Waals surface area contributed by atoms with Crippen molar-refractivity contribution in [2.24, 2.45) is 5.92 Å². The highest BCUT2D eigenvalue weighted by atomic mass is 16.5. The Hall–Kier alpha value is -2.21. The van der Waals surface area contributed by atoms with E-state index >= 15 is 0 Å². The minimum Gasteiger partial charge on any atom is -0.352 e. The topological polar surface area (TPSA) is 71.3 Å². The number of rotatable bonds is 5. The summed E-state index contributed by atoms with van der Waals surface area (Å²) >= 11 is 0. The molecule has 6 heteroatoms. The maximum Gasteiger partial charge on any atom is 0.251 e. The molecule has 1 aromatic carbocycles. The van der Waals surface area contributed by atoms with Crippen molar-refractivity contribution >= 4 is 5.91 Å². The predicted octanol–water partition coefficient (Wildman–Crippen LogP) is 2.51. The summed E-state index contributed by atoms with van der Waals surface area (Å²) < 4.78 is 4.99. The van der Waals surface area contributed by atoms with Gasteiger partial charge in [0.1, 0.15) is 0 Å². The maximum atomic E-state index is 12.4. The fraction of sp³-hybridized carbons (Fsp3) is 0.500. The molecule has 0 bridgehead atoms. The Morgan fingerprint density at radius 2 is 2.33 bits per heavy atom. The molecule has 2 aromatic rings. The van der Waals surface area contributed by atoms with Crippen LogP contribution >= 0.6 is 0 Å². The lowest BCUT2D eigenvalue weighted by Crippen LogP contribution is -2.34. The molecule has 1 fully saturated rings. The molecule has 0 saturated carbocycles. The molecule has 2 heterocycles. The summed E-state index contributed by atoms with van der Waals surface area (Å²) in [5.41, 5.74) is 1.41. The van der Waals surface area contributed by atoms with Crippen molar-refractivity contribution in [3.05, 3.63) is 35.7 Å². The van der Waals surface area contributed by atoms with Crippen molar-refractivity contribution in [3.8, 4) is 11.4 Å². The van der Waals surface area contributed by atoms with Gasteiger partial charge < -0.3 is 14.7 Å². The number of hydrogen-bond donors (Lipinski definition) is 1. The van der Waals surface area contributed by atoms with Crippen LogP contribution in [0.1, 0.15) is 35.5 Å². The first-order valence-electron chi connectivity index (χ1n) is 8.49. The summed E-state index contributed by atoms with van der Waals surface area (Å²) in [5, 5.41) is 6.92. The lowest BCUT2D eigenvalue weighted by Gasteiger charge is -2.29. The minimum absolute atomic E-state index is 0.0544. The molecule has 1 aliphatic heterocycles. The van der Waals surface area contributed by atoms with Crippen molar-refractivity contribution in [2.45, 2.75) is 26.2 Å². The molecule has 1 aliphatic rings. The molecular weight excluding hydrogens is 304 g/mol. The minimum atomic E-state index is -0.0544. The standard InChI is InChI=1S/C18H24N4O2/c1-13-20-17(21-24-13)15-6-3-7-16(11-15)18(23)19-9-8-14-5-4-10-22(2)12-14/h3,6-7,11,14H,4-5,8-10,12H2,1-2H3,(H,19,23)/t14-/m0/s1. The number of piperidine rings is 1. The van der Waals surface area contributed by atoms with Gasteiger partial charge in [0.05, 0.1) is 0 Å². The molecule has 0 unspecified atom stereocenters. The van der Waals surface area contributed by atoms with E-state index in [1.165, 1.54) is 19.4 Å². The van der Waals surface area contributed by atoms with Crippen molar-refractivity contribution in [3.63, 3.8) is 0 Å². The first kappa shape index (κ1) is 16.6. The monoisotopic (exact) mass is 328 g/mol. The number of nitrogens with zero attached hydrogens (tertiary/aromatic N) is 3. The summed E-state index contributed by atoms with van der Waals surface area (Å²) in [7, 11) is 2.16. The number of nitrogens with one attached hydrogen (secondary N) is 1. The highest BCUT2D eigenvalue weighted by molar-refractivity contribution is 5.95. The second kappa shape index (κ2) is 7.57. The highest BCUT2D eigenvalue weighted by Crippen LogP contribution is 2.19. The van der Waals surface area contributed by atoms with Crippen LogP contribution in [-0.4, -0.2) is 47.6 Å². The molecule has 6 nitrogen and oxygen atoms in total. The SMILES string of the molecule is Cc1nc(-c2cccc(C(=O)NCC[C@@H]3CCCN(C)C3)c2)no1. The van der Waals surface area contributed by atoms with Crippen molar-refractivity contribution in [1.82, 2.24) is 20.4 Å². The van der Waals surface area contributed by atoms with Crippen LogP contribution in [0.3, 0.4) is 0 Å². The Balaban J connectivity index is 1.55. The van der Waals surface area contributed by atoms with Gasteiger partial charge in [0.15, 0.2) is 0 Å². The number of carbonyl (C=O) groups excluding carboxylic acids is 1. The number of aromatic nitrogens is 2. The first-order chi connectivity index (χ1) is 11.6. The van der Waals surface area contributed by atoms with Crippen LogP contribution in [0.5, 0.6) is 0 Å². The number of likely N-dealkylation sites (tertiary alicyclic amines) is 1. The number of hydrogen-bond acceptors (Lipinski definition) is 5. The van der Waals surface area contributed by atoms with Crippen LogP contribution < -0.4 is 5.32 Å². The van der Waals surface area contributed by atoms with E-state index in [4.69, 9.17) is 4.52 Å². The number of benzene rings is 1. The van der Waals surface area contributed by atoms with Gasteiger partial charge in [0.2, 0.25) is 11.7 Å². The van der Waals surface area contributed by atoms with Gasteiger partial charge in [0.25, 0.3) is 5.91 Å². The quantitative estimate of drug-likeness (QED) is 0.913. The molecule has 128 valence electrons. The van der Waals surface area contributed by atoms with Gasteiger partial charge in [-0.3, -0.25) is 4.79 Å². The average molecular weight is 328 g/mol. The van der Waals surface area contributed by atoms with E-state index in [9.17, 15) is 4.79 Å². The van der Waals surface area contributed by atoms with E-state index < -0.39 is 0 Å². The molecule has 1 aromatic heterocycles. The van der Waals surface area contributed by atoms with E-state index in [1.807, 2.05) is 12.1 Å². The van der Waals surface area contributed by atoms with Crippen molar-refractivity contribution in [1.29, 1.82) is 0 Å². The van der Waals surface area contributed by atoms with E-state index in [-0.39, 0.29) is 5.91 Å². The largest absolute Gasteiger partial charge is 0.352 e. The van der Waals surface area contributed by atoms with Crippen LogP contribution in [0.4, 0.5) is 0 Å². The van der Waals surface area contributed by atoms with Crippen molar-refractivity contribution < 1.29 is 9.32 Å². The summed E-state index contributed by atoms with van der Waals surface area (Å²) in [5.74, 6) is 1.64. The molecule has 0 aliphatic carbocycles. The fourth-order valence-corrected chi connectivity index (χ4v) is 3.22. The third kappa shape index (κ3) is 4.20. The Morgan fingerprint density at radius 1 is 1.46 bits per heavy atom. The summed E-state index contributed by atoms with van der Waals surface area (Å²) in [6.07, 6.45) is 3.54. The molecular formula is C18H24N4O2. The maximum absolute atomic E-state index is 12.4. The van der Waals surface area contributed by atoms with E-state index in [2.05, 4.69) is 27.4 Å². The molecule has 1 amide bonds. The van der Waals surface area contributed by atoms with Gasteiger partial charge in [-0.2, -0.15) is 4.98 Å². The first-order valence-corrected chi connectivity index (χ1v) is 8.49. The zero-order valence-electron chi connectivity index (χ0n) is 14.3. The summed E-state index contributed by atoms with van der Waals surface area (Å²) in [6, 6.07) is 7.32. The number of carbonyl (C=O) groups is 1. The smallest absolute Gasteiger partial charge is 0.251 e. The van der Waals surface area contributed by atoms with Crippen molar-refractivity contribution in [2.75, 3.05) is 26.7 Å². The lowest BCUT2D eigenvalue weighted by molar-refractivity contribution is 0.0948. The van der Waals surface area contributed by atoms with E-state index in [1.54, 1.807) is 19.1 Å².